The van der Waals surface area contributed by atoms with Gasteiger partial charge in [-0.05, 0) is 50.5 Å². The number of rotatable bonds is 4. The Hall–Kier alpha value is -2.11. The van der Waals surface area contributed by atoms with E-state index in [9.17, 15) is 14.0 Å². The molecule has 3 amide bonds. The van der Waals surface area contributed by atoms with Gasteiger partial charge in [0.1, 0.15) is 11.9 Å². The summed E-state index contributed by atoms with van der Waals surface area (Å²) in [6, 6.07) is 3.79. The van der Waals surface area contributed by atoms with Crippen LogP contribution in [0.2, 0.25) is 0 Å². The minimum atomic E-state index is -0.533. The summed E-state index contributed by atoms with van der Waals surface area (Å²) in [5.41, 5.74) is 1.16. The van der Waals surface area contributed by atoms with E-state index in [0.717, 1.165) is 6.42 Å². The molecule has 0 radical (unpaired) electrons. The van der Waals surface area contributed by atoms with Crippen molar-refractivity contribution >= 4 is 17.6 Å². The first-order chi connectivity index (χ1) is 10.4. The Morgan fingerprint density at radius 1 is 1.50 bits per heavy atom. The predicted molar refractivity (Wildman–Crippen MR) is 83.3 cm³/mol. The van der Waals surface area contributed by atoms with Crippen LogP contribution in [0.25, 0.3) is 0 Å². The van der Waals surface area contributed by atoms with Crippen molar-refractivity contribution in [2.24, 2.45) is 0 Å². The van der Waals surface area contributed by atoms with Gasteiger partial charge >= 0.3 is 6.03 Å². The van der Waals surface area contributed by atoms with Crippen LogP contribution in [0.1, 0.15) is 32.3 Å². The fourth-order valence-electron chi connectivity index (χ4n) is 2.39. The highest BCUT2D eigenvalue weighted by Crippen LogP contribution is 2.23. The average Bonchev–Trinajstić information content (AvgIpc) is 2.83. The lowest BCUT2D eigenvalue weighted by molar-refractivity contribution is -0.118. The van der Waals surface area contributed by atoms with Gasteiger partial charge in [-0.2, -0.15) is 0 Å². The second-order valence-electron chi connectivity index (χ2n) is 5.69. The number of nitrogens with one attached hydrogen (secondary N) is 2. The van der Waals surface area contributed by atoms with Crippen molar-refractivity contribution in [1.82, 2.24) is 10.6 Å². The highest BCUT2D eigenvalue weighted by molar-refractivity contribution is 6.01. The van der Waals surface area contributed by atoms with Crippen molar-refractivity contribution < 1.29 is 14.0 Å². The van der Waals surface area contributed by atoms with Crippen LogP contribution in [-0.2, 0) is 4.79 Å². The summed E-state index contributed by atoms with van der Waals surface area (Å²) >= 11 is 0. The molecule has 1 aliphatic heterocycles. The van der Waals surface area contributed by atoms with Crippen molar-refractivity contribution in [2.45, 2.75) is 45.7 Å². The minimum absolute atomic E-state index is 0.0624. The van der Waals surface area contributed by atoms with E-state index in [2.05, 4.69) is 10.6 Å². The number of benzene rings is 1. The standard InChI is InChI=1S/C16H22FN3O2/c1-4-11(3)18-16(22)19-14-7-8-20(15(14)21)12-5-6-13(17)10(2)9-12/h5-6,9,11,14H,4,7-8H2,1-3H3,(H2,18,19,22)/t11-,14+/m1/s1. The third-order valence-electron chi connectivity index (χ3n) is 3.95. The SMILES string of the molecule is CC[C@@H](C)NC(=O)N[C@H]1CCN(c2ccc(F)c(C)c2)C1=O. The Balaban J connectivity index is 2.00. The lowest BCUT2D eigenvalue weighted by Gasteiger charge is -2.19. The fraction of sp³-hybridized carbons (Fsp3) is 0.500. The normalized spacial score (nSPS) is 19.2. The summed E-state index contributed by atoms with van der Waals surface area (Å²) in [7, 11) is 0. The molecule has 22 heavy (non-hydrogen) atoms. The number of carbonyl (C=O) groups excluding carboxylic acids is 2. The van der Waals surface area contributed by atoms with Crippen molar-refractivity contribution in [2.75, 3.05) is 11.4 Å². The van der Waals surface area contributed by atoms with Crippen LogP contribution in [0, 0.1) is 12.7 Å². The molecular formula is C16H22FN3O2. The van der Waals surface area contributed by atoms with E-state index in [0.29, 0.717) is 24.2 Å². The van der Waals surface area contributed by atoms with Gasteiger partial charge < -0.3 is 15.5 Å². The number of carbonyl (C=O) groups is 2. The molecular weight excluding hydrogens is 285 g/mol. The van der Waals surface area contributed by atoms with Gasteiger partial charge in [0.2, 0.25) is 5.91 Å². The van der Waals surface area contributed by atoms with Crippen LogP contribution in [0.5, 0.6) is 0 Å². The summed E-state index contributed by atoms with van der Waals surface area (Å²) in [5.74, 6) is -0.455. The highest BCUT2D eigenvalue weighted by atomic mass is 19.1. The van der Waals surface area contributed by atoms with E-state index >= 15 is 0 Å². The third-order valence-corrected chi connectivity index (χ3v) is 3.95. The first-order valence-electron chi connectivity index (χ1n) is 7.57. The minimum Gasteiger partial charge on any atom is -0.336 e. The molecule has 120 valence electrons. The summed E-state index contributed by atoms with van der Waals surface area (Å²) < 4.78 is 13.3. The molecule has 1 heterocycles. The van der Waals surface area contributed by atoms with Crippen molar-refractivity contribution in [1.29, 1.82) is 0 Å². The largest absolute Gasteiger partial charge is 0.336 e. The van der Waals surface area contributed by atoms with E-state index in [1.54, 1.807) is 24.0 Å². The molecule has 0 unspecified atom stereocenters. The molecule has 5 nitrogen and oxygen atoms in total. The molecule has 0 bridgehead atoms. The van der Waals surface area contributed by atoms with Crippen LogP contribution >= 0.6 is 0 Å². The number of amides is 3. The molecule has 0 spiro atoms. The second kappa shape index (κ2) is 6.77. The number of urea groups is 1. The number of nitrogens with zero attached hydrogens (tertiary/aromatic N) is 1. The first-order valence-corrected chi connectivity index (χ1v) is 7.57. The third kappa shape index (κ3) is 3.55. The molecule has 2 N–H and O–H groups in total. The van der Waals surface area contributed by atoms with E-state index in [1.807, 2.05) is 13.8 Å². The lowest BCUT2D eigenvalue weighted by atomic mass is 10.2. The molecule has 2 rings (SSSR count). The van der Waals surface area contributed by atoms with Crippen LogP contribution in [-0.4, -0.2) is 30.6 Å². The maximum absolute atomic E-state index is 13.3. The van der Waals surface area contributed by atoms with E-state index in [4.69, 9.17) is 0 Å². The zero-order valence-electron chi connectivity index (χ0n) is 13.1. The maximum atomic E-state index is 13.3. The van der Waals surface area contributed by atoms with Gasteiger partial charge in [-0.15, -0.1) is 0 Å². The van der Waals surface area contributed by atoms with Crippen molar-refractivity contribution in [3.63, 3.8) is 0 Å². The Morgan fingerprint density at radius 2 is 2.23 bits per heavy atom. The molecule has 2 atom stereocenters. The van der Waals surface area contributed by atoms with Crippen LogP contribution in [0.4, 0.5) is 14.9 Å². The van der Waals surface area contributed by atoms with Crippen molar-refractivity contribution in [3.05, 3.63) is 29.6 Å². The Labute approximate surface area is 129 Å². The number of hydrogen-bond acceptors (Lipinski definition) is 2. The zero-order chi connectivity index (χ0) is 16.3. The van der Waals surface area contributed by atoms with Gasteiger partial charge in [0.15, 0.2) is 0 Å². The molecule has 0 aromatic heterocycles. The van der Waals surface area contributed by atoms with Gasteiger partial charge in [0.25, 0.3) is 0 Å². The van der Waals surface area contributed by atoms with Gasteiger partial charge in [-0.3, -0.25) is 4.79 Å². The zero-order valence-corrected chi connectivity index (χ0v) is 13.1. The maximum Gasteiger partial charge on any atom is 0.315 e. The monoisotopic (exact) mass is 307 g/mol. The van der Waals surface area contributed by atoms with Gasteiger partial charge in [-0.1, -0.05) is 6.92 Å². The smallest absolute Gasteiger partial charge is 0.315 e. The van der Waals surface area contributed by atoms with Crippen LogP contribution in [0.3, 0.4) is 0 Å². The summed E-state index contributed by atoms with van der Waals surface area (Å²) in [4.78, 5) is 25.8. The number of aryl methyl sites for hydroxylation is 1. The fourth-order valence-corrected chi connectivity index (χ4v) is 2.39. The van der Waals surface area contributed by atoms with Gasteiger partial charge in [0, 0.05) is 18.3 Å². The van der Waals surface area contributed by atoms with E-state index in [-0.39, 0.29) is 23.8 Å². The molecule has 1 saturated heterocycles. The molecule has 1 aromatic rings. The summed E-state index contributed by atoms with van der Waals surface area (Å²) in [6.07, 6.45) is 1.37. The topological polar surface area (TPSA) is 61.4 Å². The Bertz CT molecular complexity index is 577. The van der Waals surface area contributed by atoms with Gasteiger partial charge in [0.05, 0.1) is 0 Å². The van der Waals surface area contributed by atoms with E-state index in [1.165, 1.54) is 6.07 Å². The molecule has 1 aromatic carbocycles. The molecule has 6 heteroatoms. The summed E-state index contributed by atoms with van der Waals surface area (Å²) in [6.45, 7) is 6.06. The predicted octanol–water partition coefficient (Wildman–Crippen LogP) is 2.34. The number of anilines is 1. The number of hydrogen-bond donors (Lipinski definition) is 2. The summed E-state index contributed by atoms with van der Waals surface area (Å²) in [5, 5.41) is 5.48. The van der Waals surface area contributed by atoms with Gasteiger partial charge in [-0.25, -0.2) is 9.18 Å². The number of halogens is 1. The van der Waals surface area contributed by atoms with Crippen LogP contribution in [0.15, 0.2) is 18.2 Å². The molecule has 0 saturated carbocycles. The molecule has 0 aliphatic carbocycles. The van der Waals surface area contributed by atoms with E-state index < -0.39 is 6.04 Å². The average molecular weight is 307 g/mol. The Morgan fingerprint density at radius 3 is 2.86 bits per heavy atom. The highest BCUT2D eigenvalue weighted by Gasteiger charge is 2.33. The molecule has 1 aliphatic rings. The quantitative estimate of drug-likeness (QED) is 0.897. The Kier molecular flexibility index (Phi) is 5.00. The van der Waals surface area contributed by atoms with Crippen LogP contribution < -0.4 is 15.5 Å². The second-order valence-corrected chi connectivity index (χ2v) is 5.69. The lowest BCUT2D eigenvalue weighted by Crippen LogP contribution is -2.48. The molecule has 1 fully saturated rings. The van der Waals surface area contributed by atoms with Crippen molar-refractivity contribution in [3.8, 4) is 0 Å². The first kappa shape index (κ1) is 16.3.